The lowest BCUT2D eigenvalue weighted by Crippen LogP contribution is -2.62. The van der Waals surface area contributed by atoms with E-state index in [1.807, 2.05) is 0 Å². The number of carboxylic acids is 1. The summed E-state index contributed by atoms with van der Waals surface area (Å²) in [6.07, 6.45) is 33.3. The number of hydrogen-bond acceptors (Lipinski definition) is 18. The molecule has 1 aliphatic rings. The van der Waals surface area contributed by atoms with E-state index >= 15 is 0 Å². The molecule has 28 heteroatoms. The Morgan fingerprint density at radius 1 is 0.596 bits per heavy atom. The number of nitrogens with one attached hydrogen (secondary N) is 8. The minimum Gasteiger partial charge on any atom is -0.480 e. The first kappa shape index (κ1) is 89.2. The van der Waals surface area contributed by atoms with Crippen LogP contribution in [0.1, 0.15) is 277 Å². The van der Waals surface area contributed by atoms with Crippen LogP contribution in [0, 0.1) is 5.92 Å². The molecule has 1 saturated heterocycles. The summed E-state index contributed by atoms with van der Waals surface area (Å²) in [6, 6.07) is -9.31. The Balaban J connectivity index is 1.65. The Morgan fingerprint density at radius 3 is 1.52 bits per heavy atom. The summed E-state index contributed by atoms with van der Waals surface area (Å²) in [4.78, 5) is 125. The number of aliphatic hydroxyl groups is 3. The van der Waals surface area contributed by atoms with Gasteiger partial charge in [0.05, 0.1) is 62.4 Å². The van der Waals surface area contributed by atoms with E-state index in [9.17, 15) is 63.6 Å². The molecule has 0 aromatic carbocycles. The second-order valence-corrected chi connectivity index (χ2v) is 28.5. The number of nitrogens with two attached hydrogens (primary N) is 6. The Hall–Kier alpha value is -5.88. The van der Waals surface area contributed by atoms with Gasteiger partial charge in [-0.25, -0.2) is 4.98 Å². The highest BCUT2D eigenvalue weighted by molar-refractivity contribution is 5.99. The lowest BCUT2D eigenvalue weighted by molar-refractivity contribution is -0.140. The number of aliphatic carboxylic acids is 1. The first-order chi connectivity index (χ1) is 47.2. The van der Waals surface area contributed by atoms with Crippen LogP contribution in [0.4, 0.5) is 0 Å². The molecule has 1 aromatic heterocycles. The first-order valence-corrected chi connectivity index (χ1v) is 37.6. The molecule has 0 bridgehead atoms. The van der Waals surface area contributed by atoms with Crippen LogP contribution < -0.4 is 71.6 Å². The summed E-state index contributed by atoms with van der Waals surface area (Å²) in [5.41, 5.74) is 36.9. The van der Waals surface area contributed by atoms with Gasteiger partial charge in [-0.15, -0.1) is 0 Å². The van der Waals surface area contributed by atoms with Gasteiger partial charge in [0, 0.05) is 55.4 Å². The van der Waals surface area contributed by atoms with Crippen LogP contribution in [-0.2, 0) is 49.6 Å². The number of aliphatic hydroxyl groups excluding tert-OH is 3. The molecule has 28 nitrogen and oxygen atoms in total. The SMILES string of the molecule is CCCCCC(N)CCCCCCCC(N)CCCCCCCC(N)CCCCCCCC(N)CCCCCCCC(O)CCNC(=O)C[C@H](O)C[C@H](O)[C@@H](NC(=O)[C@@H]1NC(=O)[C@H](CC(N)=O)NC(=O)[C@H](NC(=O)[C@H](Cc2cnc[nH]2)NC(=O)C[C@H](N)C(=O)O)CC(=O)N[C@@H]1C)C(C)C. The van der Waals surface area contributed by atoms with E-state index in [0.29, 0.717) is 36.7 Å². The summed E-state index contributed by atoms with van der Waals surface area (Å²) >= 11 is 0. The van der Waals surface area contributed by atoms with Crippen molar-refractivity contribution >= 4 is 53.2 Å². The molecule has 2 heterocycles. The fourth-order valence-electron chi connectivity index (χ4n) is 12.6. The summed E-state index contributed by atoms with van der Waals surface area (Å²) in [5.74, 6) is -9.57. The summed E-state index contributed by atoms with van der Waals surface area (Å²) < 4.78 is 0. The molecule has 0 saturated carbocycles. The summed E-state index contributed by atoms with van der Waals surface area (Å²) in [7, 11) is 0. The Labute approximate surface area is 589 Å². The molecule has 1 aliphatic heterocycles. The van der Waals surface area contributed by atoms with Crippen molar-refractivity contribution in [3.63, 3.8) is 0 Å². The van der Waals surface area contributed by atoms with E-state index in [4.69, 9.17) is 34.4 Å². The third-order valence-electron chi connectivity index (χ3n) is 18.8. The number of rotatable bonds is 57. The van der Waals surface area contributed by atoms with Gasteiger partial charge in [0.1, 0.15) is 30.2 Å². The normalized spacial score (nSPS) is 19.1. The average molecular weight is 1400 g/mol. The van der Waals surface area contributed by atoms with Crippen LogP contribution in [0.25, 0.3) is 0 Å². The van der Waals surface area contributed by atoms with Crippen molar-refractivity contribution in [3.8, 4) is 0 Å². The monoisotopic (exact) mass is 1400 g/mol. The molecule has 0 radical (unpaired) electrons. The smallest absolute Gasteiger partial charge is 0.321 e. The van der Waals surface area contributed by atoms with E-state index in [-0.39, 0.29) is 25.4 Å². The number of carbonyl (C=O) groups is 9. The number of nitrogens with zero attached hydrogens (tertiary/aromatic N) is 1. The number of carbonyl (C=O) groups excluding carboxylic acids is 8. The molecule has 0 aliphatic carbocycles. The second kappa shape index (κ2) is 53.0. The van der Waals surface area contributed by atoms with Gasteiger partial charge in [-0.3, -0.25) is 43.2 Å². The maximum absolute atomic E-state index is 14.1. The van der Waals surface area contributed by atoms with E-state index in [1.165, 1.54) is 141 Å². The fraction of sp³-hybridized carbons (Fsp3) is 0.831. The van der Waals surface area contributed by atoms with Crippen LogP contribution >= 0.6 is 0 Å². The van der Waals surface area contributed by atoms with Crippen molar-refractivity contribution in [3.05, 3.63) is 18.2 Å². The lowest BCUT2D eigenvalue weighted by Gasteiger charge is -2.32. The van der Waals surface area contributed by atoms with E-state index in [0.717, 1.165) is 77.0 Å². The molecular weight excluding hydrogens is 1270 g/mol. The molecule has 0 spiro atoms. The van der Waals surface area contributed by atoms with Crippen LogP contribution in [0.5, 0.6) is 0 Å². The number of carboxylic acid groups (broad SMARTS) is 1. The van der Waals surface area contributed by atoms with Gasteiger partial charge < -0.3 is 97.0 Å². The number of unbranched alkanes of at least 4 members (excludes halogenated alkanes) is 18. The van der Waals surface area contributed by atoms with E-state index < -0.39 is 145 Å². The largest absolute Gasteiger partial charge is 0.480 e. The second-order valence-electron chi connectivity index (χ2n) is 28.5. The minimum absolute atomic E-state index is 0.169. The zero-order valence-corrected chi connectivity index (χ0v) is 60.5. The van der Waals surface area contributed by atoms with Gasteiger partial charge in [0.2, 0.25) is 47.3 Å². The number of hydrogen-bond donors (Lipinski definition) is 18. The number of imidazole rings is 1. The predicted octanol–water partition coefficient (Wildman–Crippen LogP) is 3.80. The number of primary amides is 1. The molecule has 570 valence electrons. The first-order valence-electron chi connectivity index (χ1n) is 37.6. The maximum atomic E-state index is 14.1. The van der Waals surface area contributed by atoms with Gasteiger partial charge in [0.15, 0.2) is 0 Å². The molecule has 14 atom stereocenters. The van der Waals surface area contributed by atoms with Crippen molar-refractivity contribution in [2.24, 2.45) is 40.3 Å². The zero-order valence-electron chi connectivity index (χ0n) is 60.5. The molecule has 1 aromatic rings. The van der Waals surface area contributed by atoms with Crippen molar-refractivity contribution in [1.29, 1.82) is 0 Å². The number of amides is 8. The van der Waals surface area contributed by atoms with Crippen molar-refractivity contribution in [1.82, 2.24) is 47.2 Å². The van der Waals surface area contributed by atoms with E-state index in [2.05, 4.69) is 54.1 Å². The van der Waals surface area contributed by atoms with Gasteiger partial charge in [-0.1, -0.05) is 168 Å². The van der Waals surface area contributed by atoms with Crippen molar-refractivity contribution in [2.75, 3.05) is 6.54 Å². The summed E-state index contributed by atoms with van der Waals surface area (Å²) in [5, 5.41) is 59.4. The van der Waals surface area contributed by atoms with Crippen LogP contribution in [0.15, 0.2) is 12.5 Å². The molecule has 8 amide bonds. The molecule has 1 fully saturated rings. The molecule has 24 N–H and O–H groups in total. The Kier molecular flexibility index (Phi) is 47.8. The Morgan fingerprint density at radius 2 is 1.07 bits per heavy atom. The maximum Gasteiger partial charge on any atom is 0.321 e. The molecule has 99 heavy (non-hydrogen) atoms. The minimum atomic E-state index is -1.76. The van der Waals surface area contributed by atoms with Crippen LogP contribution in [0.3, 0.4) is 0 Å². The van der Waals surface area contributed by atoms with Crippen LogP contribution in [-0.4, -0.2) is 175 Å². The number of aromatic amines is 1. The van der Waals surface area contributed by atoms with E-state index in [1.54, 1.807) is 13.8 Å². The standard InChI is InChI=1S/C71H133N15O13/c1-5-6-19-28-49(72)29-20-11-7-12-21-30-50(73)31-22-13-8-14-23-32-51(74)33-24-15-9-16-25-34-52(75)35-26-17-10-18-27-36-54(87)37-38-79-62(91)41-55(88)40-60(89)65(47(2)3)85-70(97)66-48(4)81-64(93)44-59(68(95)83-58(43-61(77)90)69(96)86-66)84-67(94)57(39-53-45-78-46-80-53)82-63(92)42-56(76)71(98)99/h45-52,54-60,65-66,87-89H,5-44,72-76H2,1-4H3,(H2,77,90)(H,78,80)(H,79,91)(H,81,93)(H,82,92)(H,83,95)(H,84,94)(H,85,97)(H,86,96)(H,98,99)/t48-,49?,50?,51?,52?,54?,55-,56+,57+,58+,59-,60+,65+,66-/m1/s1. The van der Waals surface area contributed by atoms with Gasteiger partial charge in [-0.2, -0.15) is 0 Å². The topological polar surface area (TPSA) is 504 Å². The molecule has 5 unspecified atom stereocenters. The van der Waals surface area contributed by atoms with Gasteiger partial charge in [-0.05, 0) is 77.0 Å². The third-order valence-corrected chi connectivity index (χ3v) is 18.8. The van der Waals surface area contributed by atoms with Crippen molar-refractivity contribution < 1.29 is 63.6 Å². The molecule has 2 rings (SSSR count). The van der Waals surface area contributed by atoms with Crippen molar-refractivity contribution in [2.45, 2.75) is 363 Å². The third kappa shape index (κ3) is 42.9. The quantitative estimate of drug-likeness (QED) is 0.0412. The number of H-pyrrole nitrogens is 1. The fourth-order valence-corrected chi connectivity index (χ4v) is 12.6. The highest BCUT2D eigenvalue weighted by Gasteiger charge is 2.39. The van der Waals surface area contributed by atoms with Gasteiger partial charge in [0.25, 0.3) is 0 Å². The summed E-state index contributed by atoms with van der Waals surface area (Å²) in [6.45, 7) is 7.10. The average Bonchev–Trinajstić information content (AvgIpc) is 1.82. The van der Waals surface area contributed by atoms with Crippen LogP contribution in [0.2, 0.25) is 0 Å². The Bertz CT molecular complexity index is 2430. The highest BCUT2D eigenvalue weighted by Crippen LogP contribution is 2.20. The van der Waals surface area contributed by atoms with Gasteiger partial charge >= 0.3 is 5.97 Å². The zero-order chi connectivity index (χ0) is 73.5. The number of aromatic nitrogens is 2. The predicted molar refractivity (Wildman–Crippen MR) is 383 cm³/mol. The highest BCUT2D eigenvalue weighted by atomic mass is 16.4. The lowest BCUT2D eigenvalue weighted by atomic mass is 9.93. The molecular formula is C71H133N15O13.